The molecule has 24 heavy (non-hydrogen) atoms. The number of hydrogen-bond donors (Lipinski definition) is 0. The summed E-state index contributed by atoms with van der Waals surface area (Å²) in [5.74, 6) is 0.933. The standard InChI is InChI=1S/C19H18ClN3O/c1-19(14-5-3-2-4-6-14)12-23(9-10-24-19)18-16-8-7-15(20)11-17(16)21-13-22-18/h2-8,11,13H,9-10,12H2,1H3. The molecule has 0 spiro atoms. The van der Waals surface area contributed by atoms with Crippen molar-refractivity contribution in [2.45, 2.75) is 12.5 Å². The van der Waals surface area contributed by atoms with E-state index in [0.29, 0.717) is 11.6 Å². The van der Waals surface area contributed by atoms with E-state index in [2.05, 4.69) is 33.9 Å². The van der Waals surface area contributed by atoms with Gasteiger partial charge in [0.2, 0.25) is 0 Å². The van der Waals surface area contributed by atoms with Gasteiger partial charge in [-0.15, -0.1) is 0 Å². The number of hydrogen-bond acceptors (Lipinski definition) is 4. The number of benzene rings is 2. The van der Waals surface area contributed by atoms with Gasteiger partial charge in [-0.3, -0.25) is 0 Å². The van der Waals surface area contributed by atoms with Crippen LogP contribution in [0.4, 0.5) is 5.82 Å². The maximum atomic E-state index is 6.13. The van der Waals surface area contributed by atoms with Gasteiger partial charge in [-0.1, -0.05) is 41.9 Å². The van der Waals surface area contributed by atoms with Crippen LogP contribution in [0.15, 0.2) is 54.9 Å². The third-order valence-corrected chi connectivity index (χ3v) is 4.77. The van der Waals surface area contributed by atoms with Crippen LogP contribution in [0.3, 0.4) is 0 Å². The fourth-order valence-electron chi connectivity index (χ4n) is 3.28. The van der Waals surface area contributed by atoms with Gasteiger partial charge in [0.1, 0.15) is 17.7 Å². The lowest BCUT2D eigenvalue weighted by molar-refractivity contribution is -0.0467. The van der Waals surface area contributed by atoms with Crippen molar-refractivity contribution in [1.82, 2.24) is 9.97 Å². The first kappa shape index (κ1) is 15.4. The Hall–Kier alpha value is -2.17. The highest BCUT2D eigenvalue weighted by Crippen LogP contribution is 2.33. The molecule has 4 nitrogen and oxygen atoms in total. The van der Waals surface area contributed by atoms with Crippen LogP contribution in [0.1, 0.15) is 12.5 Å². The van der Waals surface area contributed by atoms with Crippen LogP contribution < -0.4 is 4.90 Å². The average Bonchev–Trinajstić information content (AvgIpc) is 2.62. The summed E-state index contributed by atoms with van der Waals surface area (Å²) in [7, 11) is 0. The smallest absolute Gasteiger partial charge is 0.140 e. The molecule has 1 unspecified atom stereocenters. The molecule has 0 N–H and O–H groups in total. The largest absolute Gasteiger partial charge is 0.367 e. The zero-order chi connectivity index (χ0) is 16.6. The minimum absolute atomic E-state index is 0.358. The summed E-state index contributed by atoms with van der Waals surface area (Å²) in [6.45, 7) is 4.34. The first-order chi connectivity index (χ1) is 11.7. The Kier molecular flexibility index (Phi) is 3.87. The van der Waals surface area contributed by atoms with E-state index < -0.39 is 0 Å². The van der Waals surface area contributed by atoms with E-state index in [-0.39, 0.29) is 5.60 Å². The van der Waals surface area contributed by atoms with Gasteiger partial charge in [0, 0.05) is 17.0 Å². The van der Waals surface area contributed by atoms with Gasteiger partial charge in [-0.2, -0.15) is 0 Å². The van der Waals surface area contributed by atoms with Crippen LogP contribution >= 0.6 is 11.6 Å². The van der Waals surface area contributed by atoms with Crippen LogP contribution in [0, 0.1) is 0 Å². The van der Waals surface area contributed by atoms with Crippen molar-refractivity contribution in [3.63, 3.8) is 0 Å². The number of nitrogens with zero attached hydrogens (tertiary/aromatic N) is 3. The van der Waals surface area contributed by atoms with Crippen LogP contribution in [-0.2, 0) is 10.3 Å². The molecule has 5 heteroatoms. The van der Waals surface area contributed by atoms with Crippen molar-refractivity contribution in [2.24, 2.45) is 0 Å². The third-order valence-electron chi connectivity index (χ3n) is 4.54. The lowest BCUT2D eigenvalue weighted by Crippen LogP contribution is -2.48. The van der Waals surface area contributed by atoms with Gasteiger partial charge in [-0.25, -0.2) is 9.97 Å². The minimum Gasteiger partial charge on any atom is -0.367 e. The molecule has 1 fully saturated rings. The van der Waals surface area contributed by atoms with E-state index in [0.717, 1.165) is 29.8 Å². The van der Waals surface area contributed by atoms with Crippen molar-refractivity contribution in [3.8, 4) is 0 Å². The van der Waals surface area contributed by atoms with Gasteiger partial charge in [0.15, 0.2) is 0 Å². The molecule has 0 radical (unpaired) electrons. The number of halogens is 1. The monoisotopic (exact) mass is 339 g/mol. The van der Waals surface area contributed by atoms with Gasteiger partial charge >= 0.3 is 0 Å². The SMILES string of the molecule is CC1(c2ccccc2)CN(c2ncnc3cc(Cl)ccc23)CCO1. The van der Waals surface area contributed by atoms with Gasteiger partial charge in [0.05, 0.1) is 18.7 Å². The first-order valence-electron chi connectivity index (χ1n) is 8.00. The molecule has 0 amide bonds. The number of ether oxygens (including phenoxy) is 1. The Morgan fingerprint density at radius 1 is 1.12 bits per heavy atom. The first-order valence-corrected chi connectivity index (χ1v) is 8.38. The number of aromatic nitrogens is 2. The maximum absolute atomic E-state index is 6.13. The molecule has 0 saturated carbocycles. The molecule has 1 aliphatic rings. The van der Waals surface area contributed by atoms with E-state index in [1.165, 1.54) is 5.56 Å². The fraction of sp³-hybridized carbons (Fsp3) is 0.263. The van der Waals surface area contributed by atoms with Gasteiger partial charge in [0.25, 0.3) is 0 Å². The summed E-state index contributed by atoms with van der Waals surface area (Å²) < 4.78 is 6.13. The molecule has 1 aromatic heterocycles. The maximum Gasteiger partial charge on any atom is 0.140 e. The molecular weight excluding hydrogens is 322 g/mol. The van der Waals surface area contributed by atoms with Crippen LogP contribution in [0.25, 0.3) is 10.9 Å². The van der Waals surface area contributed by atoms with E-state index in [4.69, 9.17) is 16.3 Å². The number of fused-ring (bicyclic) bond motifs is 1. The Labute approximate surface area is 146 Å². The number of morpholine rings is 1. The van der Waals surface area contributed by atoms with Crippen molar-refractivity contribution in [2.75, 3.05) is 24.6 Å². The highest BCUT2D eigenvalue weighted by Gasteiger charge is 2.34. The summed E-state index contributed by atoms with van der Waals surface area (Å²) in [6, 6.07) is 16.1. The summed E-state index contributed by atoms with van der Waals surface area (Å²) >= 11 is 6.09. The predicted octanol–water partition coefficient (Wildman–Crippen LogP) is 4.04. The zero-order valence-corrected chi connectivity index (χ0v) is 14.2. The molecule has 0 aliphatic carbocycles. The van der Waals surface area contributed by atoms with Crippen LogP contribution in [0.2, 0.25) is 5.02 Å². The molecule has 122 valence electrons. The average molecular weight is 340 g/mol. The lowest BCUT2D eigenvalue weighted by Gasteiger charge is -2.41. The van der Waals surface area contributed by atoms with Crippen LogP contribution in [-0.4, -0.2) is 29.7 Å². The van der Waals surface area contributed by atoms with Crippen LogP contribution in [0.5, 0.6) is 0 Å². The summed E-state index contributed by atoms with van der Waals surface area (Å²) in [5.41, 5.74) is 1.68. The minimum atomic E-state index is -0.358. The highest BCUT2D eigenvalue weighted by molar-refractivity contribution is 6.31. The Morgan fingerprint density at radius 3 is 2.79 bits per heavy atom. The van der Waals surface area contributed by atoms with Crippen molar-refractivity contribution in [1.29, 1.82) is 0 Å². The molecule has 1 atom stereocenters. The molecule has 1 aliphatic heterocycles. The van der Waals surface area contributed by atoms with Crippen molar-refractivity contribution in [3.05, 3.63) is 65.4 Å². The van der Waals surface area contributed by atoms with E-state index in [1.54, 1.807) is 6.33 Å². The predicted molar refractivity (Wildman–Crippen MR) is 96.5 cm³/mol. The van der Waals surface area contributed by atoms with Gasteiger partial charge < -0.3 is 9.64 Å². The molecule has 3 aromatic rings. The lowest BCUT2D eigenvalue weighted by atomic mass is 9.93. The summed E-state index contributed by atoms with van der Waals surface area (Å²) in [4.78, 5) is 11.1. The summed E-state index contributed by atoms with van der Waals surface area (Å²) in [6.07, 6.45) is 1.60. The Balaban J connectivity index is 1.73. The normalized spacial score (nSPS) is 21.2. The number of rotatable bonds is 2. The Bertz CT molecular complexity index is 871. The van der Waals surface area contributed by atoms with Crippen molar-refractivity contribution >= 4 is 28.3 Å². The second-order valence-corrected chi connectivity index (χ2v) is 6.66. The fourth-order valence-corrected chi connectivity index (χ4v) is 3.45. The molecule has 4 rings (SSSR count). The molecular formula is C19H18ClN3O. The Morgan fingerprint density at radius 2 is 1.96 bits per heavy atom. The highest BCUT2D eigenvalue weighted by atomic mass is 35.5. The van der Waals surface area contributed by atoms with Crippen molar-refractivity contribution < 1.29 is 4.74 Å². The summed E-state index contributed by atoms with van der Waals surface area (Å²) in [5, 5.41) is 1.70. The second-order valence-electron chi connectivity index (χ2n) is 6.23. The van der Waals surface area contributed by atoms with E-state index >= 15 is 0 Å². The second kappa shape index (κ2) is 6.04. The molecule has 1 saturated heterocycles. The topological polar surface area (TPSA) is 38.2 Å². The number of anilines is 1. The van der Waals surface area contributed by atoms with E-state index in [1.807, 2.05) is 36.4 Å². The quantitative estimate of drug-likeness (QED) is 0.706. The van der Waals surface area contributed by atoms with E-state index in [9.17, 15) is 0 Å². The molecule has 0 bridgehead atoms. The molecule has 2 heterocycles. The zero-order valence-electron chi connectivity index (χ0n) is 13.4. The van der Waals surface area contributed by atoms with Gasteiger partial charge in [-0.05, 0) is 30.7 Å². The third kappa shape index (κ3) is 2.72. The molecule has 2 aromatic carbocycles.